The van der Waals surface area contributed by atoms with Crippen LogP contribution >= 0.6 is 11.3 Å². The number of rotatable bonds is 7. The van der Waals surface area contributed by atoms with Gasteiger partial charge in [-0.25, -0.2) is 0 Å². The van der Waals surface area contributed by atoms with Crippen LogP contribution in [0.5, 0.6) is 0 Å². The van der Waals surface area contributed by atoms with E-state index < -0.39 is 0 Å². The minimum atomic E-state index is 0.562. The van der Waals surface area contributed by atoms with Crippen LogP contribution < -0.4 is 10.9 Å². The number of hydrogen-bond acceptors (Lipinski definition) is 3. The molecule has 114 valence electrons. The maximum Gasteiger partial charge on any atom is 0.0106 e. The van der Waals surface area contributed by atoms with Crippen molar-refractivity contribution in [2.75, 3.05) is 13.6 Å². The smallest absolute Gasteiger partial charge is 0.0106 e. The Morgan fingerprint density at radius 2 is 1.86 bits per heavy atom. The van der Waals surface area contributed by atoms with Gasteiger partial charge in [-0.15, -0.1) is 11.3 Å². The molecule has 0 spiro atoms. The fourth-order valence-corrected chi connectivity index (χ4v) is 3.84. The average Bonchev–Trinajstić information content (AvgIpc) is 3.09. The van der Waals surface area contributed by atoms with E-state index in [0.29, 0.717) is 5.92 Å². The summed E-state index contributed by atoms with van der Waals surface area (Å²) in [7, 11) is 1.92. The molecule has 1 atom stereocenters. The summed E-state index contributed by atoms with van der Waals surface area (Å²) in [6, 6.07) is 19.7. The number of thiophene rings is 1. The Labute approximate surface area is 136 Å². The number of nitrogens with one attached hydrogen (secondary N) is 2. The highest BCUT2D eigenvalue weighted by atomic mass is 32.1. The zero-order valence-electron chi connectivity index (χ0n) is 12.9. The normalized spacial score (nSPS) is 12.6. The van der Waals surface area contributed by atoms with Crippen LogP contribution in [0, 0.1) is 0 Å². The highest BCUT2D eigenvalue weighted by Crippen LogP contribution is 2.30. The van der Waals surface area contributed by atoms with Gasteiger partial charge in [0.25, 0.3) is 0 Å². The van der Waals surface area contributed by atoms with Gasteiger partial charge < -0.3 is 0 Å². The van der Waals surface area contributed by atoms with Crippen molar-refractivity contribution in [1.29, 1.82) is 0 Å². The minimum absolute atomic E-state index is 0.562. The maximum atomic E-state index is 3.22. The third kappa shape index (κ3) is 3.55. The highest BCUT2D eigenvalue weighted by Gasteiger charge is 2.14. The number of hydrazine groups is 1. The van der Waals surface area contributed by atoms with Crippen molar-refractivity contribution in [2.45, 2.75) is 18.8 Å². The Morgan fingerprint density at radius 3 is 2.68 bits per heavy atom. The Morgan fingerprint density at radius 1 is 1.00 bits per heavy atom. The van der Waals surface area contributed by atoms with Gasteiger partial charge in [-0.3, -0.25) is 10.9 Å². The lowest BCUT2D eigenvalue weighted by Gasteiger charge is -2.17. The van der Waals surface area contributed by atoms with Crippen LogP contribution in [0.15, 0.2) is 60.0 Å². The van der Waals surface area contributed by atoms with E-state index in [9.17, 15) is 0 Å². The SMILES string of the molecule is CNNCCC(Cc1cccc2ccccc12)c1cccs1. The molecule has 2 aromatic carbocycles. The fraction of sp³-hybridized carbons (Fsp3) is 0.263. The first-order valence-corrected chi connectivity index (χ1v) is 8.66. The predicted molar refractivity (Wildman–Crippen MR) is 96.4 cm³/mol. The molecule has 0 bridgehead atoms. The van der Waals surface area contributed by atoms with Gasteiger partial charge in [-0.1, -0.05) is 48.5 Å². The van der Waals surface area contributed by atoms with E-state index in [4.69, 9.17) is 0 Å². The van der Waals surface area contributed by atoms with Crippen molar-refractivity contribution in [3.63, 3.8) is 0 Å². The van der Waals surface area contributed by atoms with Crippen molar-refractivity contribution in [2.24, 2.45) is 0 Å². The molecule has 0 aliphatic carbocycles. The highest BCUT2D eigenvalue weighted by molar-refractivity contribution is 7.10. The van der Waals surface area contributed by atoms with Crippen LogP contribution in [0.2, 0.25) is 0 Å². The third-order valence-electron chi connectivity index (χ3n) is 4.09. The molecule has 3 heteroatoms. The number of hydrogen-bond donors (Lipinski definition) is 2. The molecule has 1 unspecified atom stereocenters. The monoisotopic (exact) mass is 310 g/mol. The van der Waals surface area contributed by atoms with Gasteiger partial charge in [0.2, 0.25) is 0 Å². The average molecular weight is 310 g/mol. The molecule has 0 fully saturated rings. The molecule has 0 saturated carbocycles. The lowest BCUT2D eigenvalue weighted by atomic mass is 9.91. The lowest BCUT2D eigenvalue weighted by molar-refractivity contribution is 0.528. The molecule has 22 heavy (non-hydrogen) atoms. The van der Waals surface area contributed by atoms with Crippen molar-refractivity contribution in [1.82, 2.24) is 10.9 Å². The Bertz CT molecular complexity index is 701. The molecule has 1 aromatic heterocycles. The predicted octanol–water partition coefficient (Wildman–Crippen LogP) is 4.34. The molecular weight excluding hydrogens is 288 g/mol. The van der Waals surface area contributed by atoms with Crippen molar-refractivity contribution >= 4 is 22.1 Å². The topological polar surface area (TPSA) is 24.1 Å². The minimum Gasteiger partial charge on any atom is -0.261 e. The van der Waals surface area contributed by atoms with Gasteiger partial charge >= 0.3 is 0 Å². The molecule has 0 aliphatic rings. The Kier molecular flexibility index (Phi) is 5.22. The molecule has 0 saturated heterocycles. The summed E-state index contributed by atoms with van der Waals surface area (Å²) in [6.07, 6.45) is 2.22. The molecule has 0 amide bonds. The first-order valence-electron chi connectivity index (χ1n) is 7.78. The summed E-state index contributed by atoms with van der Waals surface area (Å²) in [5.41, 5.74) is 7.68. The van der Waals surface area contributed by atoms with Gasteiger partial charge in [-0.05, 0) is 53.6 Å². The van der Waals surface area contributed by atoms with Gasteiger partial charge in [0.05, 0.1) is 0 Å². The van der Waals surface area contributed by atoms with Crippen LogP contribution in [0.3, 0.4) is 0 Å². The second-order valence-electron chi connectivity index (χ2n) is 5.52. The van der Waals surface area contributed by atoms with Crippen LogP contribution in [0.1, 0.15) is 22.8 Å². The molecule has 3 aromatic rings. The van der Waals surface area contributed by atoms with Crippen LogP contribution in [0.25, 0.3) is 10.8 Å². The van der Waals surface area contributed by atoms with E-state index >= 15 is 0 Å². The molecule has 1 heterocycles. The van der Waals surface area contributed by atoms with Crippen LogP contribution in [-0.4, -0.2) is 13.6 Å². The summed E-state index contributed by atoms with van der Waals surface area (Å²) in [5, 5.41) is 4.89. The van der Waals surface area contributed by atoms with E-state index in [0.717, 1.165) is 19.4 Å². The Hall–Kier alpha value is -1.68. The third-order valence-corrected chi connectivity index (χ3v) is 5.12. The van der Waals surface area contributed by atoms with E-state index in [-0.39, 0.29) is 0 Å². The second kappa shape index (κ2) is 7.54. The molecule has 3 rings (SSSR count). The largest absolute Gasteiger partial charge is 0.261 e. The quantitative estimate of drug-likeness (QED) is 0.501. The van der Waals surface area contributed by atoms with Crippen LogP contribution in [-0.2, 0) is 6.42 Å². The van der Waals surface area contributed by atoms with Crippen molar-refractivity contribution < 1.29 is 0 Å². The fourth-order valence-electron chi connectivity index (χ4n) is 2.98. The summed E-state index contributed by atoms with van der Waals surface area (Å²) in [5.74, 6) is 0.562. The van der Waals surface area contributed by atoms with Crippen molar-refractivity contribution in [3.05, 3.63) is 70.4 Å². The van der Waals surface area contributed by atoms with Gasteiger partial charge in [0.1, 0.15) is 0 Å². The summed E-state index contributed by atoms with van der Waals surface area (Å²) in [4.78, 5) is 1.48. The lowest BCUT2D eigenvalue weighted by Crippen LogP contribution is -2.29. The standard InChI is InChI=1S/C19H22N2S/c1-20-21-12-11-17(19-10-5-13-22-19)14-16-8-4-7-15-6-2-3-9-18(15)16/h2-10,13,17,20-21H,11-12,14H2,1H3. The first kappa shape index (κ1) is 15.2. The van der Waals surface area contributed by atoms with Gasteiger partial charge in [0.15, 0.2) is 0 Å². The van der Waals surface area contributed by atoms with Gasteiger partial charge in [0, 0.05) is 11.4 Å². The summed E-state index contributed by atoms with van der Waals surface area (Å²) < 4.78 is 0. The summed E-state index contributed by atoms with van der Waals surface area (Å²) in [6.45, 7) is 0.976. The number of benzene rings is 2. The van der Waals surface area contributed by atoms with Crippen molar-refractivity contribution in [3.8, 4) is 0 Å². The molecule has 2 nitrogen and oxygen atoms in total. The zero-order chi connectivity index (χ0) is 15.2. The maximum absolute atomic E-state index is 3.22. The molecule has 0 radical (unpaired) electrons. The molecule has 2 N–H and O–H groups in total. The zero-order valence-corrected chi connectivity index (χ0v) is 13.7. The van der Waals surface area contributed by atoms with E-state index in [1.54, 1.807) is 0 Å². The second-order valence-corrected chi connectivity index (χ2v) is 6.50. The first-order chi connectivity index (χ1) is 10.9. The van der Waals surface area contributed by atoms with E-state index in [2.05, 4.69) is 70.8 Å². The molecular formula is C19H22N2S. The Balaban J connectivity index is 1.85. The number of fused-ring (bicyclic) bond motifs is 1. The van der Waals surface area contributed by atoms with Crippen LogP contribution in [0.4, 0.5) is 0 Å². The van der Waals surface area contributed by atoms with E-state index in [1.807, 2.05) is 18.4 Å². The van der Waals surface area contributed by atoms with Gasteiger partial charge in [-0.2, -0.15) is 0 Å². The van der Waals surface area contributed by atoms with E-state index in [1.165, 1.54) is 21.2 Å². The molecule has 0 aliphatic heterocycles. The summed E-state index contributed by atoms with van der Waals surface area (Å²) >= 11 is 1.87.